The van der Waals surface area contributed by atoms with Crippen molar-refractivity contribution in [1.82, 2.24) is 0 Å². The van der Waals surface area contributed by atoms with E-state index in [1.807, 2.05) is 37.3 Å². The predicted molar refractivity (Wildman–Crippen MR) is 56.0 cm³/mol. The van der Waals surface area contributed by atoms with E-state index in [2.05, 4.69) is 0 Å². The van der Waals surface area contributed by atoms with E-state index in [0.717, 1.165) is 12.0 Å². The molecule has 0 unspecified atom stereocenters. The highest BCUT2D eigenvalue weighted by molar-refractivity contribution is 6.17. The quantitative estimate of drug-likeness (QED) is 0.738. The normalized spacial score (nSPS) is 15.3. The average molecular weight is 199 g/mol. The molecule has 0 aliphatic heterocycles. The number of halogens is 1. The second kappa shape index (κ2) is 4.64. The number of rotatable bonds is 4. The van der Waals surface area contributed by atoms with Gasteiger partial charge in [0, 0.05) is 5.88 Å². The molecular formula is C11H15ClO. The summed E-state index contributed by atoms with van der Waals surface area (Å²) in [6.07, 6.45) is 1.55. The summed E-state index contributed by atoms with van der Waals surface area (Å²) in [5.74, 6) is 0.600. The van der Waals surface area contributed by atoms with Crippen LogP contribution in [-0.2, 0) is 5.60 Å². The molecule has 0 bridgehead atoms. The first-order valence-electron chi connectivity index (χ1n) is 4.51. The summed E-state index contributed by atoms with van der Waals surface area (Å²) in [7, 11) is 0. The summed E-state index contributed by atoms with van der Waals surface area (Å²) >= 11 is 5.58. The number of hydrogen-bond acceptors (Lipinski definition) is 1. The molecule has 0 aliphatic carbocycles. The number of benzene rings is 1. The summed E-state index contributed by atoms with van der Waals surface area (Å²) in [6, 6.07) is 9.69. The highest BCUT2D eigenvalue weighted by Crippen LogP contribution is 2.25. The van der Waals surface area contributed by atoms with E-state index in [-0.39, 0.29) is 0 Å². The third-order valence-corrected chi connectivity index (χ3v) is 2.46. The van der Waals surface area contributed by atoms with Crippen LogP contribution in [0.2, 0.25) is 0 Å². The van der Waals surface area contributed by atoms with Crippen LogP contribution >= 0.6 is 11.6 Å². The van der Waals surface area contributed by atoms with Crippen LogP contribution in [0.1, 0.15) is 25.3 Å². The molecule has 0 aromatic heterocycles. The molecule has 2 heteroatoms. The van der Waals surface area contributed by atoms with Crippen molar-refractivity contribution < 1.29 is 5.11 Å². The van der Waals surface area contributed by atoms with Gasteiger partial charge < -0.3 is 5.11 Å². The second-order valence-electron chi connectivity index (χ2n) is 3.43. The van der Waals surface area contributed by atoms with Gasteiger partial charge in [0.25, 0.3) is 0 Å². The Morgan fingerprint density at radius 2 is 1.92 bits per heavy atom. The Morgan fingerprint density at radius 3 is 2.46 bits per heavy atom. The summed E-state index contributed by atoms with van der Waals surface area (Å²) < 4.78 is 0. The molecule has 0 amide bonds. The largest absolute Gasteiger partial charge is 0.385 e. The van der Waals surface area contributed by atoms with Crippen molar-refractivity contribution in [3.63, 3.8) is 0 Å². The molecule has 0 saturated carbocycles. The van der Waals surface area contributed by atoms with Crippen LogP contribution in [0.25, 0.3) is 0 Å². The van der Waals surface area contributed by atoms with Gasteiger partial charge in [0.2, 0.25) is 0 Å². The van der Waals surface area contributed by atoms with Gasteiger partial charge in [-0.15, -0.1) is 11.6 Å². The van der Waals surface area contributed by atoms with Gasteiger partial charge in [-0.25, -0.2) is 0 Å². The first kappa shape index (κ1) is 10.6. The Morgan fingerprint density at radius 1 is 1.31 bits per heavy atom. The van der Waals surface area contributed by atoms with Crippen molar-refractivity contribution >= 4 is 11.6 Å². The molecule has 1 nitrogen and oxygen atoms in total. The lowest BCUT2D eigenvalue weighted by Crippen LogP contribution is -2.20. The van der Waals surface area contributed by atoms with E-state index in [4.69, 9.17) is 11.6 Å². The van der Waals surface area contributed by atoms with E-state index in [1.54, 1.807) is 0 Å². The zero-order valence-corrected chi connectivity index (χ0v) is 8.59. The molecule has 1 aromatic rings. The number of hydrogen-bond donors (Lipinski definition) is 1. The van der Waals surface area contributed by atoms with Crippen molar-refractivity contribution in [2.75, 3.05) is 5.88 Å². The second-order valence-corrected chi connectivity index (χ2v) is 3.81. The summed E-state index contributed by atoms with van der Waals surface area (Å²) in [6.45, 7) is 1.83. The van der Waals surface area contributed by atoms with Gasteiger partial charge in [-0.1, -0.05) is 30.3 Å². The molecule has 1 rings (SSSR count). The standard InChI is InChI=1S/C11H15ClO/c1-11(13,8-5-9-12)10-6-3-2-4-7-10/h2-4,6-7,13H,5,8-9H2,1H3/t11-/m1/s1. The molecule has 0 saturated heterocycles. The monoisotopic (exact) mass is 198 g/mol. The van der Waals surface area contributed by atoms with Crippen molar-refractivity contribution in [3.05, 3.63) is 35.9 Å². The van der Waals surface area contributed by atoms with Crippen LogP contribution in [0.4, 0.5) is 0 Å². The maximum absolute atomic E-state index is 10.1. The van der Waals surface area contributed by atoms with Crippen molar-refractivity contribution in [1.29, 1.82) is 0 Å². The first-order valence-corrected chi connectivity index (χ1v) is 5.04. The maximum Gasteiger partial charge on any atom is 0.0869 e. The highest BCUT2D eigenvalue weighted by Gasteiger charge is 2.21. The van der Waals surface area contributed by atoms with E-state index < -0.39 is 5.60 Å². The fourth-order valence-electron chi connectivity index (χ4n) is 1.35. The summed E-state index contributed by atoms with van der Waals surface area (Å²) in [4.78, 5) is 0. The first-order chi connectivity index (χ1) is 6.17. The van der Waals surface area contributed by atoms with Crippen LogP contribution < -0.4 is 0 Å². The average Bonchev–Trinajstić information content (AvgIpc) is 2.16. The molecule has 72 valence electrons. The molecule has 13 heavy (non-hydrogen) atoms. The van der Waals surface area contributed by atoms with Gasteiger partial charge in [0.15, 0.2) is 0 Å². The number of aliphatic hydroxyl groups is 1. The molecule has 1 N–H and O–H groups in total. The topological polar surface area (TPSA) is 20.2 Å². The Labute approximate surface area is 84.4 Å². The van der Waals surface area contributed by atoms with E-state index in [9.17, 15) is 5.11 Å². The Bertz CT molecular complexity index is 244. The van der Waals surface area contributed by atoms with Gasteiger partial charge in [0.1, 0.15) is 0 Å². The minimum Gasteiger partial charge on any atom is -0.385 e. The zero-order valence-electron chi connectivity index (χ0n) is 7.83. The fourth-order valence-corrected chi connectivity index (χ4v) is 1.49. The van der Waals surface area contributed by atoms with Crippen LogP contribution in [0.5, 0.6) is 0 Å². The molecule has 0 spiro atoms. The third-order valence-electron chi connectivity index (χ3n) is 2.19. The third kappa shape index (κ3) is 3.02. The van der Waals surface area contributed by atoms with Crippen LogP contribution in [0, 0.1) is 0 Å². The molecule has 1 atom stereocenters. The van der Waals surface area contributed by atoms with Crippen LogP contribution in [0.3, 0.4) is 0 Å². The smallest absolute Gasteiger partial charge is 0.0869 e. The van der Waals surface area contributed by atoms with Gasteiger partial charge in [0.05, 0.1) is 5.60 Å². The SMILES string of the molecule is C[C@@](O)(CCCCl)c1ccccc1. The molecule has 0 radical (unpaired) electrons. The van der Waals surface area contributed by atoms with Crippen LogP contribution in [-0.4, -0.2) is 11.0 Å². The summed E-state index contributed by atoms with van der Waals surface area (Å²) in [5, 5.41) is 10.1. The lowest BCUT2D eigenvalue weighted by molar-refractivity contribution is 0.0472. The van der Waals surface area contributed by atoms with E-state index >= 15 is 0 Å². The number of alkyl halides is 1. The lowest BCUT2D eigenvalue weighted by Gasteiger charge is -2.23. The molecule has 1 aromatic carbocycles. The lowest BCUT2D eigenvalue weighted by atomic mass is 9.92. The molecule has 0 aliphatic rings. The van der Waals surface area contributed by atoms with E-state index in [1.165, 1.54) is 0 Å². The fraction of sp³-hybridized carbons (Fsp3) is 0.455. The molecule has 0 fully saturated rings. The Kier molecular flexibility index (Phi) is 3.76. The molecule has 0 heterocycles. The van der Waals surface area contributed by atoms with Gasteiger partial charge >= 0.3 is 0 Å². The minimum absolute atomic E-state index is 0.600. The van der Waals surface area contributed by atoms with Crippen LogP contribution in [0.15, 0.2) is 30.3 Å². The molecular weight excluding hydrogens is 184 g/mol. The van der Waals surface area contributed by atoms with Crippen molar-refractivity contribution in [2.45, 2.75) is 25.4 Å². The highest BCUT2D eigenvalue weighted by atomic mass is 35.5. The Balaban J connectivity index is 2.69. The van der Waals surface area contributed by atoms with Gasteiger partial charge in [-0.2, -0.15) is 0 Å². The van der Waals surface area contributed by atoms with E-state index in [0.29, 0.717) is 12.3 Å². The minimum atomic E-state index is -0.740. The zero-order chi connectivity index (χ0) is 9.73. The summed E-state index contributed by atoms with van der Waals surface area (Å²) in [5.41, 5.74) is 0.219. The van der Waals surface area contributed by atoms with Gasteiger partial charge in [-0.3, -0.25) is 0 Å². The predicted octanol–water partition coefficient (Wildman–Crippen LogP) is 2.91. The maximum atomic E-state index is 10.1. The van der Waals surface area contributed by atoms with Crippen molar-refractivity contribution in [2.24, 2.45) is 0 Å². The Hall–Kier alpha value is -0.530. The van der Waals surface area contributed by atoms with Crippen molar-refractivity contribution in [3.8, 4) is 0 Å². The van der Waals surface area contributed by atoms with Gasteiger partial charge in [-0.05, 0) is 25.3 Å².